The van der Waals surface area contributed by atoms with Crippen LogP contribution in [-0.2, 0) is 35.6 Å². The molecule has 0 radical (unpaired) electrons. The molecule has 300 valence electrons. The van der Waals surface area contributed by atoms with Gasteiger partial charge in [-0.3, -0.25) is 4.90 Å². The fourth-order valence-corrected chi connectivity index (χ4v) is 11.1. The molecule has 4 atom stereocenters. The van der Waals surface area contributed by atoms with E-state index in [9.17, 15) is 9.90 Å². The Hall–Kier alpha value is -4.41. The maximum Gasteiger partial charge on any atom is 0.315 e. The molecule has 9 heteroatoms. The van der Waals surface area contributed by atoms with Crippen LogP contribution in [0.2, 0.25) is 0 Å². The first-order valence-electron chi connectivity index (χ1n) is 21.0. The smallest absolute Gasteiger partial charge is 0.315 e. The SMILES string of the molecule is COc1cc2c(cc1OC)CN(CC1OC(c3ccc(-c4cccc(CNC(=O)NC56CC7CC(CC(C7)C5)C6)c4)cc3)OC(c3ccc(CO)cc3)C1C)CC2. The predicted octanol–water partition coefficient (Wildman–Crippen LogP) is 8.48. The first kappa shape index (κ1) is 38.1. The highest BCUT2D eigenvalue weighted by Gasteiger charge is 2.51. The number of amides is 2. The number of nitrogens with zero attached hydrogens (tertiary/aromatic N) is 1. The number of benzene rings is 4. The maximum absolute atomic E-state index is 13.2. The van der Waals surface area contributed by atoms with Crippen molar-refractivity contribution in [1.82, 2.24) is 15.5 Å². The summed E-state index contributed by atoms with van der Waals surface area (Å²) >= 11 is 0. The van der Waals surface area contributed by atoms with Crippen molar-refractivity contribution in [2.24, 2.45) is 23.7 Å². The minimum absolute atomic E-state index is 0.000324. The molecule has 0 aromatic heterocycles. The number of methoxy groups -OCH3 is 2. The quantitative estimate of drug-likeness (QED) is 0.141. The Morgan fingerprint density at radius 2 is 1.47 bits per heavy atom. The summed E-state index contributed by atoms with van der Waals surface area (Å²) in [6.45, 7) is 5.20. The molecule has 57 heavy (non-hydrogen) atoms. The van der Waals surface area contributed by atoms with Crippen molar-refractivity contribution in [3.8, 4) is 22.6 Å². The Labute approximate surface area is 337 Å². The summed E-state index contributed by atoms with van der Waals surface area (Å²) in [4.78, 5) is 15.6. The number of rotatable bonds is 11. The van der Waals surface area contributed by atoms with Gasteiger partial charge in [-0.05, 0) is 120 Å². The fraction of sp³-hybridized carbons (Fsp3) is 0.479. The van der Waals surface area contributed by atoms with E-state index in [4.69, 9.17) is 18.9 Å². The molecule has 1 saturated heterocycles. The van der Waals surface area contributed by atoms with Gasteiger partial charge < -0.3 is 34.7 Å². The summed E-state index contributed by atoms with van der Waals surface area (Å²) in [6, 6.07) is 29.2. The Balaban J connectivity index is 0.881. The van der Waals surface area contributed by atoms with Crippen molar-refractivity contribution in [2.75, 3.05) is 27.3 Å². The number of urea groups is 1. The first-order valence-corrected chi connectivity index (χ1v) is 21.0. The van der Waals surface area contributed by atoms with Crippen molar-refractivity contribution >= 4 is 6.03 Å². The van der Waals surface area contributed by atoms with Gasteiger partial charge in [0.2, 0.25) is 0 Å². The van der Waals surface area contributed by atoms with Crippen LogP contribution in [0.1, 0.15) is 91.2 Å². The summed E-state index contributed by atoms with van der Waals surface area (Å²) in [5, 5.41) is 16.3. The average Bonchev–Trinajstić information content (AvgIpc) is 3.22. The molecular formula is C48H57N3O6. The van der Waals surface area contributed by atoms with E-state index in [0.29, 0.717) is 6.54 Å². The molecule has 4 bridgehead atoms. The summed E-state index contributed by atoms with van der Waals surface area (Å²) in [6.07, 6.45) is 7.62. The lowest BCUT2D eigenvalue weighted by atomic mass is 9.53. The molecule has 0 spiro atoms. The Morgan fingerprint density at radius 1 is 0.807 bits per heavy atom. The van der Waals surface area contributed by atoms with Crippen LogP contribution in [-0.4, -0.2) is 55.0 Å². The summed E-state index contributed by atoms with van der Waals surface area (Å²) in [5.74, 6) is 3.98. The third kappa shape index (κ3) is 8.04. The van der Waals surface area contributed by atoms with Gasteiger partial charge in [0.05, 0.1) is 33.0 Å². The Bertz CT molecular complexity index is 2020. The van der Waals surface area contributed by atoms with Crippen molar-refractivity contribution in [3.05, 3.63) is 118 Å². The largest absolute Gasteiger partial charge is 0.493 e. The van der Waals surface area contributed by atoms with E-state index in [2.05, 4.69) is 95.3 Å². The molecule has 9 nitrogen and oxygen atoms in total. The second-order valence-corrected chi connectivity index (χ2v) is 17.6. The molecule has 4 aromatic rings. The summed E-state index contributed by atoms with van der Waals surface area (Å²) in [5.41, 5.74) is 8.73. The standard InChI is InChI=1S/C48H57N3O6/c1-30-44(28-51-16-15-40-21-42(54-2)43(55-3)22-41(40)27-51)56-46(57-45(30)37-9-7-31(29-52)8-10-37)38-13-11-36(12-14-38)39-6-4-5-32(20-39)26-49-47(53)50-48-23-33-17-34(24-48)19-35(18-33)25-48/h4-14,20-22,30,33-35,44-46,52H,15-19,23-29H2,1-3H3,(H2,49,50,53). The number of fused-ring (bicyclic) bond motifs is 1. The normalized spacial score (nSPS) is 29.1. The molecule has 3 N–H and O–H groups in total. The van der Waals surface area contributed by atoms with Crippen molar-refractivity contribution < 1.29 is 28.8 Å². The topological polar surface area (TPSA) is 102 Å². The van der Waals surface area contributed by atoms with Crippen LogP contribution in [0, 0.1) is 23.7 Å². The minimum atomic E-state index is -0.549. The molecular weight excluding hydrogens is 715 g/mol. The van der Waals surface area contributed by atoms with Crippen LogP contribution in [0.15, 0.2) is 84.9 Å². The third-order valence-electron chi connectivity index (χ3n) is 13.7. The molecule has 10 rings (SSSR count). The number of aliphatic hydroxyl groups excluding tert-OH is 1. The number of aliphatic hydroxyl groups is 1. The number of carbonyl (C=O) groups is 1. The van der Waals surface area contributed by atoms with Crippen LogP contribution >= 0.6 is 0 Å². The fourth-order valence-electron chi connectivity index (χ4n) is 11.1. The molecule has 4 saturated carbocycles. The van der Waals surface area contributed by atoms with E-state index < -0.39 is 6.29 Å². The summed E-state index contributed by atoms with van der Waals surface area (Å²) < 4.78 is 24.9. The molecule has 2 aliphatic heterocycles. The first-order chi connectivity index (χ1) is 27.8. The number of carbonyl (C=O) groups excluding carboxylic acids is 1. The minimum Gasteiger partial charge on any atom is -0.493 e. The zero-order chi connectivity index (χ0) is 39.1. The molecule has 6 aliphatic rings. The van der Waals surface area contributed by atoms with Gasteiger partial charge in [-0.15, -0.1) is 0 Å². The van der Waals surface area contributed by atoms with E-state index in [0.717, 1.165) is 108 Å². The van der Waals surface area contributed by atoms with Gasteiger partial charge in [0.15, 0.2) is 17.8 Å². The van der Waals surface area contributed by atoms with Crippen molar-refractivity contribution in [2.45, 2.75) is 95.6 Å². The van der Waals surface area contributed by atoms with Gasteiger partial charge >= 0.3 is 6.03 Å². The second-order valence-electron chi connectivity index (χ2n) is 17.6. The Morgan fingerprint density at radius 3 is 2.14 bits per heavy atom. The number of hydrogen-bond acceptors (Lipinski definition) is 7. The second kappa shape index (κ2) is 16.1. The van der Waals surface area contributed by atoms with Crippen LogP contribution in [0.5, 0.6) is 11.5 Å². The number of hydrogen-bond donors (Lipinski definition) is 3. The van der Waals surface area contributed by atoms with Gasteiger partial charge in [-0.1, -0.05) is 73.7 Å². The molecule has 4 aliphatic carbocycles. The lowest BCUT2D eigenvalue weighted by molar-refractivity contribution is -0.276. The maximum atomic E-state index is 13.2. The van der Waals surface area contributed by atoms with Gasteiger partial charge in [-0.25, -0.2) is 4.79 Å². The predicted molar refractivity (Wildman–Crippen MR) is 220 cm³/mol. The zero-order valence-corrected chi connectivity index (χ0v) is 33.5. The number of nitrogens with one attached hydrogen (secondary N) is 2. The van der Waals surface area contributed by atoms with Crippen LogP contribution in [0.25, 0.3) is 11.1 Å². The van der Waals surface area contributed by atoms with Crippen LogP contribution in [0.4, 0.5) is 4.79 Å². The Kier molecular flexibility index (Phi) is 10.8. The van der Waals surface area contributed by atoms with Gasteiger partial charge in [-0.2, -0.15) is 0 Å². The van der Waals surface area contributed by atoms with Gasteiger partial charge in [0, 0.05) is 43.2 Å². The molecule has 4 unspecified atom stereocenters. The third-order valence-corrected chi connectivity index (χ3v) is 13.7. The number of ether oxygens (including phenoxy) is 4. The lowest BCUT2D eigenvalue weighted by Gasteiger charge is -2.56. The van der Waals surface area contributed by atoms with E-state index in [1.54, 1.807) is 14.2 Å². The highest BCUT2D eigenvalue weighted by Crippen LogP contribution is 2.55. The lowest BCUT2D eigenvalue weighted by Crippen LogP contribution is -2.61. The van der Waals surface area contributed by atoms with Crippen LogP contribution in [0.3, 0.4) is 0 Å². The van der Waals surface area contributed by atoms with Crippen molar-refractivity contribution in [3.63, 3.8) is 0 Å². The average molecular weight is 772 g/mol. The zero-order valence-electron chi connectivity index (χ0n) is 33.5. The van der Waals surface area contributed by atoms with E-state index in [1.165, 1.54) is 30.4 Å². The molecule has 2 amide bonds. The molecule has 5 fully saturated rings. The highest BCUT2D eigenvalue weighted by atomic mass is 16.7. The summed E-state index contributed by atoms with van der Waals surface area (Å²) in [7, 11) is 3.37. The van der Waals surface area contributed by atoms with Gasteiger partial charge in [0.1, 0.15) is 0 Å². The van der Waals surface area contributed by atoms with Crippen LogP contribution < -0.4 is 20.1 Å². The van der Waals surface area contributed by atoms with E-state index in [-0.39, 0.29) is 36.3 Å². The van der Waals surface area contributed by atoms with Crippen molar-refractivity contribution in [1.29, 1.82) is 0 Å². The van der Waals surface area contributed by atoms with E-state index in [1.807, 2.05) is 12.1 Å². The van der Waals surface area contributed by atoms with Gasteiger partial charge in [0.25, 0.3) is 0 Å². The molecule has 4 aromatic carbocycles. The van der Waals surface area contributed by atoms with E-state index >= 15 is 0 Å². The highest BCUT2D eigenvalue weighted by molar-refractivity contribution is 5.75. The molecule has 2 heterocycles. The monoisotopic (exact) mass is 771 g/mol.